The van der Waals surface area contributed by atoms with Crippen LogP contribution in [0.4, 0.5) is 10.5 Å². The standard InChI is InChI=1S/C30H37N5O4/c1-18-23(8-7-9-24(18)31)27-19(2)22(14-15-32-27)25-12-10-20(28(34-25)38-6)16-35(29(37)39-30(3,4)5)17-21-11-13-26(36)33-21/h7-10,12,14-15,21H,11,13,16-17,31H2,1-6H3,(H,33,36)/t21-/m0/s1. The van der Waals surface area contributed by atoms with Crippen molar-refractivity contribution in [2.75, 3.05) is 19.4 Å². The maximum atomic E-state index is 13.1. The summed E-state index contributed by atoms with van der Waals surface area (Å²) in [4.78, 5) is 35.9. The highest BCUT2D eigenvalue weighted by molar-refractivity contribution is 5.79. The van der Waals surface area contributed by atoms with E-state index in [4.69, 9.17) is 20.2 Å². The molecule has 1 atom stereocenters. The summed E-state index contributed by atoms with van der Waals surface area (Å²) in [5.74, 6) is 0.405. The van der Waals surface area contributed by atoms with Crippen LogP contribution in [0.15, 0.2) is 42.6 Å². The van der Waals surface area contributed by atoms with Crippen molar-refractivity contribution in [3.63, 3.8) is 0 Å². The first-order valence-corrected chi connectivity index (χ1v) is 13.1. The van der Waals surface area contributed by atoms with Gasteiger partial charge < -0.3 is 25.4 Å². The number of benzene rings is 1. The van der Waals surface area contributed by atoms with Gasteiger partial charge in [0, 0.05) is 47.6 Å². The van der Waals surface area contributed by atoms with Crippen LogP contribution in [0, 0.1) is 13.8 Å². The van der Waals surface area contributed by atoms with Crippen LogP contribution in [-0.2, 0) is 16.1 Å². The van der Waals surface area contributed by atoms with Crippen LogP contribution in [0.2, 0.25) is 0 Å². The quantitative estimate of drug-likeness (QED) is 0.410. The van der Waals surface area contributed by atoms with Gasteiger partial charge in [0.05, 0.1) is 25.0 Å². The lowest BCUT2D eigenvalue weighted by atomic mass is 9.96. The van der Waals surface area contributed by atoms with Gasteiger partial charge in [-0.1, -0.05) is 12.1 Å². The largest absolute Gasteiger partial charge is 0.481 e. The lowest BCUT2D eigenvalue weighted by Crippen LogP contribution is -2.43. The lowest BCUT2D eigenvalue weighted by molar-refractivity contribution is -0.119. The number of hydrogen-bond donors (Lipinski definition) is 2. The van der Waals surface area contributed by atoms with E-state index < -0.39 is 11.7 Å². The number of carbonyl (C=O) groups excluding carboxylic acids is 2. The lowest BCUT2D eigenvalue weighted by Gasteiger charge is -2.29. The van der Waals surface area contributed by atoms with Crippen molar-refractivity contribution >= 4 is 17.7 Å². The van der Waals surface area contributed by atoms with Crippen molar-refractivity contribution in [2.24, 2.45) is 0 Å². The number of hydrogen-bond acceptors (Lipinski definition) is 7. The molecule has 3 aromatic rings. The molecule has 0 unspecified atom stereocenters. The van der Waals surface area contributed by atoms with E-state index in [0.717, 1.165) is 44.9 Å². The van der Waals surface area contributed by atoms with Crippen LogP contribution in [0.5, 0.6) is 5.88 Å². The molecular formula is C30H37N5O4. The second-order valence-corrected chi connectivity index (χ2v) is 10.9. The van der Waals surface area contributed by atoms with E-state index in [0.29, 0.717) is 25.3 Å². The molecule has 9 heteroatoms. The third kappa shape index (κ3) is 6.47. The number of aromatic nitrogens is 2. The van der Waals surface area contributed by atoms with E-state index >= 15 is 0 Å². The first-order valence-electron chi connectivity index (χ1n) is 13.1. The van der Waals surface area contributed by atoms with Gasteiger partial charge in [-0.15, -0.1) is 0 Å². The molecule has 206 valence electrons. The van der Waals surface area contributed by atoms with Crippen molar-refractivity contribution in [2.45, 2.75) is 65.6 Å². The van der Waals surface area contributed by atoms with E-state index in [1.54, 1.807) is 18.2 Å². The highest BCUT2D eigenvalue weighted by atomic mass is 16.6. The molecule has 1 saturated heterocycles. The molecule has 1 fully saturated rings. The van der Waals surface area contributed by atoms with Crippen molar-refractivity contribution in [3.05, 3.63) is 59.3 Å². The monoisotopic (exact) mass is 531 g/mol. The number of nitrogen functional groups attached to an aromatic ring is 1. The fourth-order valence-electron chi connectivity index (χ4n) is 4.73. The number of ether oxygens (including phenoxy) is 2. The molecule has 1 aliphatic heterocycles. The molecular weight excluding hydrogens is 494 g/mol. The number of nitrogens with zero attached hydrogens (tertiary/aromatic N) is 3. The summed E-state index contributed by atoms with van der Waals surface area (Å²) in [5.41, 5.74) is 12.4. The zero-order valence-corrected chi connectivity index (χ0v) is 23.5. The summed E-state index contributed by atoms with van der Waals surface area (Å²) in [7, 11) is 1.56. The van der Waals surface area contributed by atoms with E-state index in [1.807, 2.05) is 71.0 Å². The highest BCUT2D eigenvalue weighted by Gasteiger charge is 2.29. The van der Waals surface area contributed by atoms with Crippen LogP contribution in [0.1, 0.15) is 50.3 Å². The Morgan fingerprint density at radius 1 is 1.13 bits per heavy atom. The number of methoxy groups -OCH3 is 1. The van der Waals surface area contributed by atoms with Crippen molar-refractivity contribution in [3.8, 4) is 28.4 Å². The molecule has 2 amide bonds. The summed E-state index contributed by atoms with van der Waals surface area (Å²) in [5, 5.41) is 2.93. The molecule has 39 heavy (non-hydrogen) atoms. The molecule has 0 spiro atoms. The third-order valence-electron chi connectivity index (χ3n) is 6.78. The smallest absolute Gasteiger partial charge is 0.410 e. The van der Waals surface area contributed by atoms with E-state index in [-0.39, 0.29) is 18.5 Å². The van der Waals surface area contributed by atoms with Gasteiger partial charge in [-0.2, -0.15) is 0 Å². The number of amides is 2. The zero-order valence-electron chi connectivity index (χ0n) is 23.5. The highest BCUT2D eigenvalue weighted by Crippen LogP contribution is 2.34. The number of nitrogens with one attached hydrogen (secondary N) is 1. The minimum Gasteiger partial charge on any atom is -0.481 e. The Kier molecular flexibility index (Phi) is 8.09. The number of nitrogens with two attached hydrogens (primary N) is 1. The fourth-order valence-corrected chi connectivity index (χ4v) is 4.73. The molecule has 0 aliphatic carbocycles. The molecule has 3 N–H and O–H groups in total. The average Bonchev–Trinajstić information content (AvgIpc) is 3.29. The van der Waals surface area contributed by atoms with Gasteiger partial charge in [0.25, 0.3) is 0 Å². The van der Waals surface area contributed by atoms with Crippen LogP contribution in [0.3, 0.4) is 0 Å². The van der Waals surface area contributed by atoms with Gasteiger partial charge in [-0.3, -0.25) is 9.78 Å². The molecule has 0 radical (unpaired) electrons. The normalized spacial score (nSPS) is 15.1. The van der Waals surface area contributed by atoms with Crippen molar-refractivity contribution in [1.82, 2.24) is 20.2 Å². The first-order chi connectivity index (χ1) is 18.5. The van der Waals surface area contributed by atoms with Crippen LogP contribution in [-0.4, -0.2) is 52.2 Å². The van der Waals surface area contributed by atoms with Crippen molar-refractivity contribution in [1.29, 1.82) is 0 Å². The molecule has 2 aromatic heterocycles. The summed E-state index contributed by atoms with van der Waals surface area (Å²) < 4.78 is 11.3. The minimum atomic E-state index is -0.654. The molecule has 1 aromatic carbocycles. The number of carbonyl (C=O) groups is 2. The Morgan fingerprint density at radius 2 is 1.90 bits per heavy atom. The molecule has 1 aliphatic rings. The van der Waals surface area contributed by atoms with Crippen LogP contribution in [0.25, 0.3) is 22.5 Å². The summed E-state index contributed by atoms with van der Waals surface area (Å²) >= 11 is 0. The molecule has 9 nitrogen and oxygen atoms in total. The third-order valence-corrected chi connectivity index (χ3v) is 6.78. The topological polar surface area (TPSA) is 120 Å². The van der Waals surface area contributed by atoms with Crippen LogP contribution >= 0.6 is 0 Å². The number of rotatable bonds is 7. The summed E-state index contributed by atoms with van der Waals surface area (Å²) in [6.07, 6.45) is 2.43. The Morgan fingerprint density at radius 3 is 2.56 bits per heavy atom. The molecule has 0 bridgehead atoms. The summed E-state index contributed by atoms with van der Waals surface area (Å²) in [6.45, 7) is 10.0. The van der Waals surface area contributed by atoms with Gasteiger partial charge in [0.2, 0.25) is 11.8 Å². The molecule has 0 saturated carbocycles. The Labute approximate surface area is 229 Å². The summed E-state index contributed by atoms with van der Waals surface area (Å²) in [6, 6.07) is 11.5. The van der Waals surface area contributed by atoms with Crippen molar-refractivity contribution < 1.29 is 19.1 Å². The predicted molar refractivity (Wildman–Crippen MR) is 151 cm³/mol. The second-order valence-electron chi connectivity index (χ2n) is 10.9. The Bertz CT molecular complexity index is 1380. The van der Waals surface area contributed by atoms with Gasteiger partial charge in [-0.25, -0.2) is 9.78 Å². The SMILES string of the molecule is COc1nc(-c2ccnc(-c3cccc(N)c3C)c2C)ccc1CN(C[C@@H]1CCC(=O)N1)C(=O)OC(C)(C)C. The van der Waals surface area contributed by atoms with Gasteiger partial charge in [0.1, 0.15) is 5.60 Å². The second kappa shape index (κ2) is 11.3. The number of pyridine rings is 2. The van der Waals surface area contributed by atoms with Gasteiger partial charge in [0.15, 0.2) is 0 Å². The van der Waals surface area contributed by atoms with Crippen LogP contribution < -0.4 is 15.8 Å². The Balaban J connectivity index is 1.65. The zero-order chi connectivity index (χ0) is 28.3. The maximum Gasteiger partial charge on any atom is 0.410 e. The molecule has 4 rings (SSSR count). The average molecular weight is 532 g/mol. The van der Waals surface area contributed by atoms with Gasteiger partial charge >= 0.3 is 6.09 Å². The first kappa shape index (κ1) is 27.9. The Hall–Kier alpha value is -4.14. The van der Waals surface area contributed by atoms with E-state index in [2.05, 4.69) is 10.3 Å². The van der Waals surface area contributed by atoms with E-state index in [9.17, 15) is 9.59 Å². The molecule has 3 heterocycles. The predicted octanol–water partition coefficient (Wildman–Crippen LogP) is 5.03. The van der Waals surface area contributed by atoms with Gasteiger partial charge in [-0.05, 0) is 76.4 Å². The maximum absolute atomic E-state index is 13.1. The minimum absolute atomic E-state index is 0.00629. The van der Waals surface area contributed by atoms with E-state index in [1.165, 1.54) is 0 Å². The number of anilines is 1. The fraction of sp³-hybridized carbons (Fsp3) is 0.400.